The van der Waals surface area contributed by atoms with Gasteiger partial charge in [-0.25, -0.2) is 0 Å². The Morgan fingerprint density at radius 3 is 3.27 bits per heavy atom. The normalized spacial score (nSPS) is 23.2. The van der Waals surface area contributed by atoms with Crippen LogP contribution < -0.4 is 5.32 Å². The topological polar surface area (TPSA) is 24.4 Å². The average Bonchev–Trinajstić information content (AvgIpc) is 2.38. The van der Waals surface area contributed by atoms with E-state index in [0.717, 1.165) is 19.5 Å². The molecule has 0 aromatic rings. The lowest BCUT2D eigenvalue weighted by Crippen LogP contribution is -2.07. The maximum atomic E-state index is 4.39. The van der Waals surface area contributed by atoms with Gasteiger partial charge in [-0.3, -0.25) is 4.99 Å². The first kappa shape index (κ1) is 6.80. The van der Waals surface area contributed by atoms with E-state index in [1.165, 1.54) is 16.9 Å². The lowest BCUT2D eigenvalue weighted by atomic mass is 10.1. The zero-order chi connectivity index (χ0) is 7.68. The van der Waals surface area contributed by atoms with Crippen molar-refractivity contribution in [1.29, 1.82) is 0 Å². The van der Waals surface area contributed by atoms with Crippen molar-refractivity contribution in [3.05, 3.63) is 23.4 Å². The van der Waals surface area contributed by atoms with Crippen molar-refractivity contribution >= 4 is 5.71 Å². The predicted octanol–water partition coefficient (Wildman–Crippen LogP) is 1.26. The second-order valence-electron chi connectivity index (χ2n) is 3.09. The van der Waals surface area contributed by atoms with E-state index in [0.29, 0.717) is 0 Å². The third-order valence-electron chi connectivity index (χ3n) is 2.09. The van der Waals surface area contributed by atoms with Crippen LogP contribution in [0, 0.1) is 0 Å². The second-order valence-corrected chi connectivity index (χ2v) is 3.09. The Morgan fingerprint density at radius 2 is 2.36 bits per heavy atom. The Hall–Kier alpha value is -0.890. The number of nitrogens with one attached hydrogen (secondary N) is 1. The van der Waals surface area contributed by atoms with Crippen LogP contribution in [-0.2, 0) is 0 Å². The Morgan fingerprint density at radius 1 is 1.45 bits per heavy atom. The second kappa shape index (κ2) is 2.62. The molecule has 0 atom stereocenters. The highest BCUT2D eigenvalue weighted by molar-refractivity contribution is 6.04. The Labute approximate surface area is 66.7 Å². The van der Waals surface area contributed by atoms with E-state index in [2.05, 4.69) is 23.3 Å². The molecule has 1 N–H and O–H groups in total. The van der Waals surface area contributed by atoms with Gasteiger partial charge >= 0.3 is 0 Å². The van der Waals surface area contributed by atoms with Crippen molar-refractivity contribution in [3.63, 3.8) is 0 Å². The van der Waals surface area contributed by atoms with Gasteiger partial charge in [0.1, 0.15) is 0 Å². The fourth-order valence-corrected chi connectivity index (χ4v) is 1.37. The van der Waals surface area contributed by atoms with Crippen molar-refractivity contribution in [2.24, 2.45) is 4.99 Å². The summed E-state index contributed by atoms with van der Waals surface area (Å²) in [7, 11) is 0. The molecule has 1 saturated heterocycles. The predicted molar refractivity (Wildman–Crippen MR) is 46.8 cm³/mol. The standard InChI is InChI=1S/C9H12N2/c1-7-2-3-8-5-10-6-9(8)11-4-7/h3-4,10H,2,5-6H2,1H3. The fraction of sp³-hybridized carbons (Fsp3) is 0.444. The first-order valence-electron chi connectivity index (χ1n) is 3.99. The van der Waals surface area contributed by atoms with Crippen molar-refractivity contribution < 1.29 is 0 Å². The van der Waals surface area contributed by atoms with E-state index in [-0.39, 0.29) is 0 Å². The number of nitrogens with zero attached hydrogens (tertiary/aromatic N) is 1. The molecule has 0 amide bonds. The molecule has 2 heterocycles. The molecule has 0 aliphatic carbocycles. The van der Waals surface area contributed by atoms with Crippen LogP contribution in [-0.4, -0.2) is 18.8 Å². The van der Waals surface area contributed by atoms with Gasteiger partial charge in [0.15, 0.2) is 0 Å². The summed E-state index contributed by atoms with van der Waals surface area (Å²) in [5.74, 6) is 0. The van der Waals surface area contributed by atoms with Crippen LogP contribution in [0.1, 0.15) is 13.3 Å². The monoisotopic (exact) mass is 148 g/mol. The zero-order valence-corrected chi connectivity index (χ0v) is 6.72. The summed E-state index contributed by atoms with van der Waals surface area (Å²) in [5.41, 5.74) is 3.96. The van der Waals surface area contributed by atoms with E-state index in [9.17, 15) is 0 Å². The van der Waals surface area contributed by atoms with E-state index in [1.54, 1.807) is 0 Å². The summed E-state index contributed by atoms with van der Waals surface area (Å²) in [5, 5.41) is 3.28. The highest BCUT2D eigenvalue weighted by atomic mass is 14.9. The maximum absolute atomic E-state index is 4.39. The minimum Gasteiger partial charge on any atom is -0.307 e. The van der Waals surface area contributed by atoms with E-state index >= 15 is 0 Å². The molecule has 0 bridgehead atoms. The summed E-state index contributed by atoms with van der Waals surface area (Å²) in [6, 6.07) is 0. The van der Waals surface area contributed by atoms with Gasteiger partial charge in [0.05, 0.1) is 5.71 Å². The molecule has 2 aliphatic rings. The van der Waals surface area contributed by atoms with Gasteiger partial charge in [0.2, 0.25) is 0 Å². The molecule has 58 valence electrons. The van der Waals surface area contributed by atoms with Crippen molar-refractivity contribution in [2.45, 2.75) is 13.3 Å². The van der Waals surface area contributed by atoms with Gasteiger partial charge in [-0.1, -0.05) is 11.6 Å². The molecule has 0 saturated carbocycles. The molecule has 2 aliphatic heterocycles. The van der Waals surface area contributed by atoms with Gasteiger partial charge < -0.3 is 5.32 Å². The Bertz CT molecular complexity index is 259. The fourth-order valence-electron chi connectivity index (χ4n) is 1.37. The molecular formula is C9H12N2. The van der Waals surface area contributed by atoms with Crippen LogP contribution >= 0.6 is 0 Å². The van der Waals surface area contributed by atoms with Crippen LogP contribution in [0.5, 0.6) is 0 Å². The number of fused-ring (bicyclic) bond motifs is 1. The minimum atomic E-state index is 0.940. The molecule has 11 heavy (non-hydrogen) atoms. The summed E-state index contributed by atoms with van der Waals surface area (Å²) in [6.07, 6.45) is 5.31. The van der Waals surface area contributed by atoms with Gasteiger partial charge in [0, 0.05) is 19.3 Å². The summed E-state index contributed by atoms with van der Waals surface area (Å²) < 4.78 is 0. The molecule has 0 unspecified atom stereocenters. The maximum Gasteiger partial charge on any atom is 0.0583 e. The van der Waals surface area contributed by atoms with E-state index in [4.69, 9.17) is 0 Å². The average molecular weight is 148 g/mol. The SMILES string of the molecule is CC1=CN=C2CNCC2=CC1. The molecule has 0 radical (unpaired) electrons. The van der Waals surface area contributed by atoms with Crippen molar-refractivity contribution in [3.8, 4) is 0 Å². The van der Waals surface area contributed by atoms with Crippen molar-refractivity contribution in [1.82, 2.24) is 5.32 Å². The third kappa shape index (κ3) is 1.26. The van der Waals surface area contributed by atoms with Gasteiger partial charge in [-0.2, -0.15) is 0 Å². The van der Waals surface area contributed by atoms with Gasteiger partial charge in [-0.05, 0) is 18.9 Å². The molecule has 0 aromatic carbocycles. The smallest absolute Gasteiger partial charge is 0.0583 e. The number of allylic oxidation sites excluding steroid dienone is 2. The molecule has 0 spiro atoms. The Kier molecular flexibility index (Phi) is 1.62. The third-order valence-corrected chi connectivity index (χ3v) is 2.09. The number of hydrogen-bond acceptors (Lipinski definition) is 2. The van der Waals surface area contributed by atoms with Crippen LogP contribution in [0.15, 0.2) is 28.4 Å². The molecule has 0 aromatic heterocycles. The van der Waals surface area contributed by atoms with Crippen LogP contribution in [0.2, 0.25) is 0 Å². The highest BCUT2D eigenvalue weighted by Crippen LogP contribution is 2.13. The molecule has 2 rings (SSSR count). The van der Waals surface area contributed by atoms with Crippen LogP contribution in [0.25, 0.3) is 0 Å². The quantitative estimate of drug-likeness (QED) is 0.549. The van der Waals surface area contributed by atoms with Crippen LogP contribution in [0.4, 0.5) is 0 Å². The lowest BCUT2D eigenvalue weighted by Gasteiger charge is -1.92. The number of rotatable bonds is 0. The molecule has 2 nitrogen and oxygen atoms in total. The first-order valence-corrected chi connectivity index (χ1v) is 3.99. The van der Waals surface area contributed by atoms with E-state index in [1.807, 2.05) is 6.20 Å². The summed E-state index contributed by atoms with van der Waals surface area (Å²) in [6.45, 7) is 4.06. The summed E-state index contributed by atoms with van der Waals surface area (Å²) in [4.78, 5) is 4.39. The van der Waals surface area contributed by atoms with E-state index < -0.39 is 0 Å². The number of hydrogen-bond donors (Lipinski definition) is 1. The zero-order valence-electron chi connectivity index (χ0n) is 6.72. The largest absolute Gasteiger partial charge is 0.307 e. The highest BCUT2D eigenvalue weighted by Gasteiger charge is 2.14. The number of aliphatic imine (C=N–C) groups is 1. The van der Waals surface area contributed by atoms with Gasteiger partial charge in [0.25, 0.3) is 0 Å². The van der Waals surface area contributed by atoms with Crippen molar-refractivity contribution in [2.75, 3.05) is 13.1 Å². The molecule has 2 heteroatoms. The minimum absolute atomic E-state index is 0.940. The van der Waals surface area contributed by atoms with Gasteiger partial charge in [-0.15, -0.1) is 0 Å². The summed E-state index contributed by atoms with van der Waals surface area (Å²) >= 11 is 0. The first-order chi connectivity index (χ1) is 5.36. The lowest BCUT2D eigenvalue weighted by molar-refractivity contribution is 0.903. The Balaban J connectivity index is 2.33. The molecular weight excluding hydrogens is 136 g/mol. The van der Waals surface area contributed by atoms with Crippen LogP contribution in [0.3, 0.4) is 0 Å². The molecule has 1 fully saturated rings.